The lowest BCUT2D eigenvalue weighted by Gasteiger charge is -2.14. The zero-order valence-corrected chi connectivity index (χ0v) is 9.98. The Morgan fingerprint density at radius 3 is 2.38 bits per heavy atom. The second-order valence-electron chi connectivity index (χ2n) is 3.33. The van der Waals surface area contributed by atoms with Crippen molar-refractivity contribution in [2.75, 3.05) is 7.11 Å². The lowest BCUT2D eigenvalue weighted by Crippen LogP contribution is -2.22. The van der Waals surface area contributed by atoms with E-state index in [1.165, 1.54) is 0 Å². The number of alkyl halides is 5. The summed E-state index contributed by atoms with van der Waals surface area (Å²) >= 11 is 0. The molecule has 0 aliphatic heterocycles. The monoisotopic (exact) mass is 316 g/mol. The first kappa shape index (κ1) is 16.5. The minimum atomic E-state index is -5.45. The average molecular weight is 316 g/mol. The summed E-state index contributed by atoms with van der Waals surface area (Å²) in [5, 5.41) is 10.6. The molecule has 0 bridgehead atoms. The number of nitrogens with zero attached hydrogens (tertiary/aromatic N) is 2. The van der Waals surface area contributed by atoms with Crippen LogP contribution in [0, 0.1) is 10.1 Å². The van der Waals surface area contributed by atoms with Gasteiger partial charge in [-0.1, -0.05) is 0 Å². The van der Waals surface area contributed by atoms with Gasteiger partial charge in [0.1, 0.15) is 17.5 Å². The van der Waals surface area contributed by atoms with Gasteiger partial charge in [-0.2, -0.15) is 0 Å². The number of esters is 1. The van der Waals surface area contributed by atoms with Crippen molar-refractivity contribution in [2.45, 2.75) is 12.8 Å². The predicted octanol–water partition coefficient (Wildman–Crippen LogP) is 2.61. The Morgan fingerprint density at radius 2 is 2.00 bits per heavy atom. The minimum absolute atomic E-state index is 0.134. The van der Waals surface area contributed by atoms with E-state index in [1.807, 2.05) is 0 Å². The number of halogens is 5. The van der Waals surface area contributed by atoms with Crippen LogP contribution in [-0.2, 0) is 4.74 Å². The molecular formula is C9H5F5N2O5. The van der Waals surface area contributed by atoms with Crippen molar-refractivity contribution in [3.8, 4) is 5.75 Å². The highest BCUT2D eigenvalue weighted by Gasteiger charge is 2.40. The molecular weight excluding hydrogens is 311 g/mol. The molecule has 0 aromatic carbocycles. The molecule has 0 amide bonds. The van der Waals surface area contributed by atoms with Crippen molar-refractivity contribution in [1.29, 1.82) is 0 Å². The maximum absolute atomic E-state index is 12.7. The summed E-state index contributed by atoms with van der Waals surface area (Å²) in [4.78, 5) is 23.5. The van der Waals surface area contributed by atoms with E-state index in [4.69, 9.17) is 0 Å². The SMILES string of the molecule is COC(=O)c1c(C(F)F)ncc([N+](=O)[O-])c1OC(F)(F)F. The van der Waals surface area contributed by atoms with E-state index in [0.29, 0.717) is 7.11 Å². The molecule has 0 aliphatic rings. The van der Waals surface area contributed by atoms with E-state index in [2.05, 4.69) is 14.5 Å². The molecule has 0 fully saturated rings. The molecule has 0 saturated carbocycles. The fourth-order valence-corrected chi connectivity index (χ4v) is 1.31. The molecule has 21 heavy (non-hydrogen) atoms. The summed E-state index contributed by atoms with van der Waals surface area (Å²) < 4.78 is 69.5. The highest BCUT2D eigenvalue weighted by molar-refractivity contribution is 5.95. The maximum Gasteiger partial charge on any atom is 0.573 e. The first-order valence-corrected chi connectivity index (χ1v) is 4.88. The van der Waals surface area contributed by atoms with Gasteiger partial charge in [0.25, 0.3) is 6.43 Å². The molecule has 1 aromatic heterocycles. The molecule has 0 saturated heterocycles. The van der Waals surface area contributed by atoms with Crippen molar-refractivity contribution in [3.05, 3.63) is 27.6 Å². The Labute approximate surface area is 112 Å². The van der Waals surface area contributed by atoms with Gasteiger partial charge >= 0.3 is 18.0 Å². The summed E-state index contributed by atoms with van der Waals surface area (Å²) in [6.45, 7) is 0. The first-order chi connectivity index (χ1) is 9.58. The van der Waals surface area contributed by atoms with Gasteiger partial charge in [-0.15, -0.1) is 13.2 Å². The smallest absolute Gasteiger partial charge is 0.465 e. The van der Waals surface area contributed by atoms with E-state index in [1.54, 1.807) is 0 Å². The summed E-state index contributed by atoms with van der Waals surface area (Å²) in [7, 11) is 0.688. The van der Waals surface area contributed by atoms with Gasteiger partial charge in [-0.3, -0.25) is 10.1 Å². The van der Waals surface area contributed by atoms with Crippen LogP contribution >= 0.6 is 0 Å². The second kappa shape index (κ2) is 5.85. The molecule has 1 rings (SSSR count). The number of hydrogen-bond donors (Lipinski definition) is 0. The van der Waals surface area contributed by atoms with Crippen LogP contribution < -0.4 is 4.74 Å². The van der Waals surface area contributed by atoms with Crippen LogP contribution in [0.5, 0.6) is 5.75 Å². The van der Waals surface area contributed by atoms with Crippen molar-refractivity contribution >= 4 is 11.7 Å². The second-order valence-corrected chi connectivity index (χ2v) is 3.33. The Bertz CT molecular complexity index is 574. The number of rotatable bonds is 4. The summed E-state index contributed by atoms with van der Waals surface area (Å²) in [6.07, 6.45) is -8.79. The molecule has 1 heterocycles. The molecule has 0 unspecified atom stereocenters. The van der Waals surface area contributed by atoms with Crippen LogP contribution in [0.1, 0.15) is 22.5 Å². The number of pyridine rings is 1. The normalized spacial score (nSPS) is 11.4. The van der Waals surface area contributed by atoms with E-state index < -0.39 is 46.4 Å². The summed E-state index contributed by atoms with van der Waals surface area (Å²) in [5.41, 5.74) is -4.29. The van der Waals surface area contributed by atoms with Crippen LogP contribution in [0.15, 0.2) is 6.20 Å². The number of ether oxygens (including phenoxy) is 2. The number of hydrogen-bond acceptors (Lipinski definition) is 6. The van der Waals surface area contributed by atoms with Gasteiger partial charge in [0.2, 0.25) is 5.75 Å². The largest absolute Gasteiger partial charge is 0.573 e. The van der Waals surface area contributed by atoms with Gasteiger partial charge in [0.15, 0.2) is 0 Å². The third kappa shape index (κ3) is 3.73. The van der Waals surface area contributed by atoms with E-state index in [0.717, 1.165) is 0 Å². The molecule has 116 valence electrons. The molecule has 0 aliphatic carbocycles. The quantitative estimate of drug-likeness (QED) is 0.367. The molecule has 0 spiro atoms. The van der Waals surface area contributed by atoms with E-state index in [-0.39, 0.29) is 6.20 Å². The fraction of sp³-hybridized carbons (Fsp3) is 0.333. The standard InChI is InChI=1S/C9H5F5N2O5/c1-20-8(17)4-5(7(10)11)15-2-3(16(18)19)6(4)21-9(12,13)14/h2,7H,1H3. The summed E-state index contributed by atoms with van der Waals surface area (Å²) in [6, 6.07) is 0. The maximum atomic E-state index is 12.7. The van der Waals surface area contributed by atoms with Crippen LogP contribution in [-0.4, -0.2) is 29.3 Å². The summed E-state index contributed by atoms with van der Waals surface area (Å²) in [5.74, 6) is -3.38. The zero-order valence-electron chi connectivity index (χ0n) is 9.98. The molecule has 1 aromatic rings. The Morgan fingerprint density at radius 1 is 1.43 bits per heavy atom. The van der Waals surface area contributed by atoms with Gasteiger partial charge in [0.05, 0.1) is 12.0 Å². The lowest BCUT2D eigenvalue weighted by molar-refractivity contribution is -0.389. The number of methoxy groups -OCH3 is 1. The van der Waals surface area contributed by atoms with Crippen molar-refractivity contribution < 1.29 is 41.1 Å². The molecule has 0 N–H and O–H groups in total. The molecule has 7 nitrogen and oxygen atoms in total. The Balaban J connectivity index is 3.68. The number of aromatic nitrogens is 1. The Hall–Kier alpha value is -2.53. The third-order valence-corrected chi connectivity index (χ3v) is 2.05. The van der Waals surface area contributed by atoms with Crippen molar-refractivity contribution in [3.63, 3.8) is 0 Å². The topological polar surface area (TPSA) is 91.6 Å². The van der Waals surface area contributed by atoms with Crippen molar-refractivity contribution in [2.24, 2.45) is 0 Å². The number of nitro groups is 1. The van der Waals surface area contributed by atoms with Gasteiger partial charge < -0.3 is 9.47 Å². The average Bonchev–Trinajstić information content (AvgIpc) is 2.34. The highest BCUT2D eigenvalue weighted by atomic mass is 19.4. The third-order valence-electron chi connectivity index (χ3n) is 2.05. The van der Waals surface area contributed by atoms with Crippen LogP contribution in [0.2, 0.25) is 0 Å². The van der Waals surface area contributed by atoms with Crippen LogP contribution in [0.25, 0.3) is 0 Å². The van der Waals surface area contributed by atoms with Gasteiger partial charge in [-0.25, -0.2) is 18.6 Å². The predicted molar refractivity (Wildman–Crippen MR) is 53.9 cm³/mol. The van der Waals surface area contributed by atoms with Crippen molar-refractivity contribution in [1.82, 2.24) is 4.98 Å². The Kier molecular flexibility index (Phi) is 4.60. The number of carbonyl (C=O) groups is 1. The molecule has 12 heteroatoms. The lowest BCUT2D eigenvalue weighted by atomic mass is 10.1. The van der Waals surface area contributed by atoms with E-state index >= 15 is 0 Å². The first-order valence-electron chi connectivity index (χ1n) is 4.88. The zero-order chi connectivity index (χ0) is 16.4. The van der Waals surface area contributed by atoms with Gasteiger partial charge in [-0.05, 0) is 0 Å². The minimum Gasteiger partial charge on any atom is -0.465 e. The fourth-order valence-electron chi connectivity index (χ4n) is 1.31. The van der Waals surface area contributed by atoms with Crippen LogP contribution in [0.3, 0.4) is 0 Å². The molecule has 0 radical (unpaired) electrons. The highest BCUT2D eigenvalue weighted by Crippen LogP contribution is 2.39. The van der Waals surface area contributed by atoms with Gasteiger partial charge in [0, 0.05) is 0 Å². The van der Waals surface area contributed by atoms with E-state index in [9.17, 15) is 36.9 Å². The molecule has 0 atom stereocenters. The van der Waals surface area contributed by atoms with Crippen LogP contribution in [0.4, 0.5) is 27.6 Å². The number of carbonyl (C=O) groups excluding carboxylic acids is 1.